The van der Waals surface area contributed by atoms with Crippen molar-refractivity contribution >= 4 is 16.4 Å². The van der Waals surface area contributed by atoms with E-state index < -0.39 is 0 Å². The first-order chi connectivity index (χ1) is 15.4. The number of para-hydroxylation sites is 1. The highest BCUT2D eigenvalue weighted by Gasteiger charge is 2.17. The average molecular weight is 398 g/mol. The molecule has 0 fully saturated rings. The smallest absolute Gasteiger partial charge is 0.0893 e. The van der Waals surface area contributed by atoms with Crippen LogP contribution in [0.5, 0.6) is 0 Å². The molecule has 31 heavy (non-hydrogen) atoms. The lowest BCUT2D eigenvalue weighted by molar-refractivity contribution is 1.20. The number of nitrogens with zero attached hydrogens (tertiary/aromatic N) is 4. The minimum atomic E-state index is 0.863. The summed E-state index contributed by atoms with van der Waals surface area (Å²) in [5.41, 5.74) is 8.02. The van der Waals surface area contributed by atoms with Gasteiger partial charge in [0.05, 0.1) is 39.5 Å². The van der Waals surface area contributed by atoms with Crippen LogP contribution in [-0.2, 0) is 0 Å². The van der Waals surface area contributed by atoms with E-state index in [9.17, 15) is 0 Å². The predicted molar refractivity (Wildman–Crippen MR) is 125 cm³/mol. The van der Waals surface area contributed by atoms with Gasteiger partial charge in [-0.15, -0.1) is 0 Å². The Morgan fingerprint density at radius 1 is 0.484 bits per heavy atom. The summed E-state index contributed by atoms with van der Waals surface area (Å²) >= 11 is 0. The molecule has 0 spiro atoms. The SMILES string of the molecule is c1ccc(-c2cccc(-c3c4ccccc4n4c(-c5ccccn5)cccc34)n2)nc1. The molecule has 0 saturated heterocycles. The number of hydrogen-bond donors (Lipinski definition) is 0. The summed E-state index contributed by atoms with van der Waals surface area (Å²) in [5, 5.41) is 1.16. The third kappa shape index (κ3) is 2.89. The van der Waals surface area contributed by atoms with Crippen LogP contribution in [0.2, 0.25) is 0 Å². The van der Waals surface area contributed by atoms with Crippen LogP contribution >= 0.6 is 0 Å². The Balaban J connectivity index is 1.67. The third-order valence-electron chi connectivity index (χ3n) is 5.52. The van der Waals surface area contributed by atoms with Crippen molar-refractivity contribution in [1.82, 2.24) is 19.4 Å². The monoisotopic (exact) mass is 398 g/mol. The van der Waals surface area contributed by atoms with E-state index >= 15 is 0 Å². The fourth-order valence-corrected chi connectivity index (χ4v) is 4.20. The van der Waals surface area contributed by atoms with Crippen LogP contribution in [0.3, 0.4) is 0 Å². The highest BCUT2D eigenvalue weighted by molar-refractivity contribution is 6.06. The molecule has 0 saturated carbocycles. The lowest BCUT2D eigenvalue weighted by Gasteiger charge is -2.08. The van der Waals surface area contributed by atoms with Gasteiger partial charge in [0.25, 0.3) is 0 Å². The van der Waals surface area contributed by atoms with E-state index in [1.165, 1.54) is 0 Å². The van der Waals surface area contributed by atoms with E-state index in [1.54, 1.807) is 6.20 Å². The van der Waals surface area contributed by atoms with Crippen LogP contribution in [0.4, 0.5) is 0 Å². The van der Waals surface area contributed by atoms with Gasteiger partial charge < -0.3 is 4.40 Å². The summed E-state index contributed by atoms with van der Waals surface area (Å²) in [5.74, 6) is 0. The first kappa shape index (κ1) is 17.5. The molecule has 5 heterocycles. The Labute approximate surface area is 179 Å². The average Bonchev–Trinajstić information content (AvgIpc) is 3.20. The second-order valence-corrected chi connectivity index (χ2v) is 7.36. The maximum atomic E-state index is 5.00. The number of hydrogen-bond acceptors (Lipinski definition) is 3. The van der Waals surface area contributed by atoms with E-state index in [0.29, 0.717) is 0 Å². The molecule has 0 unspecified atom stereocenters. The minimum Gasteiger partial charge on any atom is -0.307 e. The molecule has 0 radical (unpaired) electrons. The number of benzene rings is 1. The Bertz CT molecular complexity index is 1520. The van der Waals surface area contributed by atoms with Crippen molar-refractivity contribution in [3.8, 4) is 34.0 Å². The molecule has 0 aliphatic rings. The number of pyridine rings is 4. The zero-order valence-corrected chi connectivity index (χ0v) is 16.7. The molecule has 146 valence electrons. The fourth-order valence-electron chi connectivity index (χ4n) is 4.20. The zero-order chi connectivity index (χ0) is 20.6. The first-order valence-corrected chi connectivity index (χ1v) is 10.2. The molecule has 5 aromatic heterocycles. The van der Waals surface area contributed by atoms with Crippen LogP contribution in [-0.4, -0.2) is 19.4 Å². The molecule has 6 rings (SSSR count). The van der Waals surface area contributed by atoms with Crippen LogP contribution in [0, 0.1) is 0 Å². The van der Waals surface area contributed by atoms with E-state index in [-0.39, 0.29) is 0 Å². The van der Waals surface area contributed by atoms with Crippen LogP contribution in [0.1, 0.15) is 0 Å². The summed E-state index contributed by atoms with van der Waals surface area (Å²) in [6.45, 7) is 0. The maximum Gasteiger partial charge on any atom is 0.0893 e. The Kier molecular flexibility index (Phi) is 4.06. The molecule has 0 bridgehead atoms. The lowest BCUT2D eigenvalue weighted by atomic mass is 10.1. The van der Waals surface area contributed by atoms with Gasteiger partial charge in [0, 0.05) is 23.3 Å². The van der Waals surface area contributed by atoms with E-state index in [2.05, 4.69) is 62.9 Å². The van der Waals surface area contributed by atoms with E-state index in [4.69, 9.17) is 4.98 Å². The molecule has 4 nitrogen and oxygen atoms in total. The summed E-state index contributed by atoms with van der Waals surface area (Å²) in [6, 6.07) is 32.8. The van der Waals surface area contributed by atoms with Crippen molar-refractivity contribution in [2.75, 3.05) is 0 Å². The number of fused-ring (bicyclic) bond motifs is 3. The van der Waals surface area contributed by atoms with Crippen molar-refractivity contribution < 1.29 is 0 Å². The quantitative estimate of drug-likeness (QED) is 0.352. The van der Waals surface area contributed by atoms with Gasteiger partial charge in [0.15, 0.2) is 0 Å². The topological polar surface area (TPSA) is 43.1 Å². The molecular weight excluding hydrogens is 380 g/mol. The van der Waals surface area contributed by atoms with Crippen LogP contribution in [0.25, 0.3) is 50.5 Å². The Morgan fingerprint density at radius 3 is 1.94 bits per heavy atom. The standard InChI is InChI=1S/C27H18N4/c1-2-14-24-19(9-1)27(23-13-7-12-21(30-23)20-10-3-5-17-28-20)26-16-8-15-25(31(24)26)22-11-4-6-18-29-22/h1-18H. The fraction of sp³-hybridized carbons (Fsp3) is 0. The number of aromatic nitrogens is 4. The van der Waals surface area contributed by atoms with Crippen molar-refractivity contribution in [2.45, 2.75) is 0 Å². The van der Waals surface area contributed by atoms with Crippen LogP contribution in [0.15, 0.2) is 109 Å². The Morgan fingerprint density at radius 2 is 1.13 bits per heavy atom. The predicted octanol–water partition coefficient (Wildman–Crippen LogP) is 6.28. The van der Waals surface area contributed by atoms with Gasteiger partial charge in [-0.05, 0) is 54.6 Å². The summed E-state index contributed by atoms with van der Waals surface area (Å²) in [7, 11) is 0. The number of rotatable bonds is 3. The molecule has 4 heteroatoms. The third-order valence-corrected chi connectivity index (χ3v) is 5.52. The summed E-state index contributed by atoms with van der Waals surface area (Å²) in [4.78, 5) is 14.1. The molecule has 6 aromatic rings. The highest BCUT2D eigenvalue weighted by atomic mass is 14.9. The van der Waals surface area contributed by atoms with Gasteiger partial charge in [0.2, 0.25) is 0 Å². The second kappa shape index (κ2) is 7.18. The van der Waals surface area contributed by atoms with Gasteiger partial charge in [-0.2, -0.15) is 0 Å². The highest BCUT2D eigenvalue weighted by Crippen LogP contribution is 2.37. The molecule has 1 aromatic carbocycles. The van der Waals surface area contributed by atoms with Crippen molar-refractivity contribution in [2.24, 2.45) is 0 Å². The van der Waals surface area contributed by atoms with Crippen molar-refractivity contribution in [3.05, 3.63) is 109 Å². The largest absolute Gasteiger partial charge is 0.307 e. The van der Waals surface area contributed by atoms with Gasteiger partial charge >= 0.3 is 0 Å². The molecular formula is C27H18N4. The van der Waals surface area contributed by atoms with Crippen molar-refractivity contribution in [1.29, 1.82) is 0 Å². The van der Waals surface area contributed by atoms with E-state index in [1.807, 2.05) is 54.7 Å². The van der Waals surface area contributed by atoms with Crippen molar-refractivity contribution in [3.63, 3.8) is 0 Å². The molecule has 0 aliphatic carbocycles. The maximum absolute atomic E-state index is 5.00. The normalized spacial score (nSPS) is 11.2. The molecule has 0 amide bonds. The summed E-state index contributed by atoms with van der Waals surface area (Å²) < 4.78 is 2.28. The second-order valence-electron chi connectivity index (χ2n) is 7.36. The Hall–Kier alpha value is -4.31. The van der Waals surface area contributed by atoms with Gasteiger partial charge in [0.1, 0.15) is 0 Å². The zero-order valence-electron chi connectivity index (χ0n) is 16.7. The summed E-state index contributed by atoms with van der Waals surface area (Å²) in [6.07, 6.45) is 3.63. The van der Waals surface area contributed by atoms with Gasteiger partial charge in [-0.3, -0.25) is 9.97 Å². The van der Waals surface area contributed by atoms with Gasteiger partial charge in [-0.1, -0.05) is 42.5 Å². The molecule has 0 atom stereocenters. The molecule has 0 N–H and O–H groups in total. The van der Waals surface area contributed by atoms with Crippen LogP contribution < -0.4 is 0 Å². The molecule has 0 aliphatic heterocycles. The first-order valence-electron chi connectivity index (χ1n) is 10.2. The lowest BCUT2D eigenvalue weighted by Crippen LogP contribution is -1.94. The van der Waals surface area contributed by atoms with Gasteiger partial charge in [-0.25, -0.2) is 4.98 Å². The van der Waals surface area contributed by atoms with E-state index in [0.717, 1.165) is 50.5 Å². The minimum absolute atomic E-state index is 0.863.